The van der Waals surface area contributed by atoms with Crippen molar-refractivity contribution in [1.29, 1.82) is 0 Å². The molecule has 0 aliphatic heterocycles. The van der Waals surface area contributed by atoms with Gasteiger partial charge in [0, 0.05) is 12.6 Å². The Labute approximate surface area is 120 Å². The number of hydrogen-bond acceptors (Lipinski definition) is 3. The summed E-state index contributed by atoms with van der Waals surface area (Å²) in [7, 11) is 0. The predicted octanol–water partition coefficient (Wildman–Crippen LogP) is 3.21. The molecule has 0 spiro atoms. The number of nitro benzene ring substituents is 1. The van der Waals surface area contributed by atoms with E-state index in [4.69, 9.17) is 0 Å². The van der Waals surface area contributed by atoms with Crippen molar-refractivity contribution >= 4 is 5.69 Å². The summed E-state index contributed by atoms with van der Waals surface area (Å²) in [6.45, 7) is 0.940. The summed E-state index contributed by atoms with van der Waals surface area (Å²) in [6.07, 6.45) is 0.692. The number of rotatable bonds is 6. The van der Waals surface area contributed by atoms with Gasteiger partial charge in [-0.15, -0.1) is 0 Å². The van der Waals surface area contributed by atoms with Crippen molar-refractivity contribution in [3.05, 3.63) is 75.3 Å². The summed E-state index contributed by atoms with van der Waals surface area (Å²) in [5, 5.41) is 13.7. The lowest BCUT2D eigenvalue weighted by Crippen LogP contribution is -2.16. The Balaban J connectivity index is 1.86. The van der Waals surface area contributed by atoms with Gasteiger partial charge in [0.1, 0.15) is 11.6 Å². The van der Waals surface area contributed by atoms with Crippen LogP contribution >= 0.6 is 0 Å². The maximum atomic E-state index is 13.2. The number of nitrogens with one attached hydrogen (secondary N) is 1. The van der Waals surface area contributed by atoms with Gasteiger partial charge in [-0.25, -0.2) is 8.78 Å². The number of nitro groups is 1. The third kappa shape index (κ3) is 4.61. The van der Waals surface area contributed by atoms with E-state index < -0.39 is 10.7 Å². The molecule has 0 unspecified atom stereocenters. The molecule has 110 valence electrons. The second-order valence-corrected chi connectivity index (χ2v) is 4.63. The minimum atomic E-state index is -0.625. The van der Waals surface area contributed by atoms with E-state index in [2.05, 4.69) is 5.32 Å². The van der Waals surface area contributed by atoms with Crippen LogP contribution in [0.4, 0.5) is 14.5 Å². The highest BCUT2D eigenvalue weighted by molar-refractivity contribution is 5.35. The quantitative estimate of drug-likeness (QED) is 0.505. The normalized spacial score (nSPS) is 10.6. The van der Waals surface area contributed by atoms with Gasteiger partial charge in [-0.2, -0.15) is 0 Å². The molecule has 0 saturated heterocycles. The van der Waals surface area contributed by atoms with Crippen LogP contribution in [-0.4, -0.2) is 11.5 Å². The molecule has 0 bridgehead atoms. The zero-order valence-corrected chi connectivity index (χ0v) is 11.2. The number of benzene rings is 2. The van der Waals surface area contributed by atoms with Gasteiger partial charge < -0.3 is 5.32 Å². The maximum Gasteiger partial charge on any atom is 0.272 e. The molecule has 0 aliphatic rings. The molecule has 0 amide bonds. The van der Waals surface area contributed by atoms with Crippen molar-refractivity contribution in [3.8, 4) is 0 Å². The SMILES string of the molecule is O=[N+]([O-])c1cc(F)cc(CNCCc2ccc(F)cc2)c1. The zero-order chi connectivity index (χ0) is 15.2. The molecule has 1 N–H and O–H groups in total. The van der Waals surface area contributed by atoms with E-state index in [1.54, 1.807) is 12.1 Å². The molecule has 2 aromatic carbocycles. The highest BCUT2D eigenvalue weighted by Gasteiger charge is 2.09. The molecule has 2 aromatic rings. The van der Waals surface area contributed by atoms with Crippen LogP contribution in [0.25, 0.3) is 0 Å². The molecule has 0 radical (unpaired) electrons. The number of nitrogens with zero attached hydrogens (tertiary/aromatic N) is 1. The lowest BCUT2D eigenvalue weighted by Gasteiger charge is -2.05. The lowest BCUT2D eigenvalue weighted by atomic mass is 10.1. The van der Waals surface area contributed by atoms with E-state index in [-0.39, 0.29) is 11.5 Å². The number of hydrogen-bond donors (Lipinski definition) is 1. The second-order valence-electron chi connectivity index (χ2n) is 4.63. The van der Waals surface area contributed by atoms with Gasteiger partial charge in [0.15, 0.2) is 0 Å². The van der Waals surface area contributed by atoms with E-state index in [1.807, 2.05) is 0 Å². The van der Waals surface area contributed by atoms with Crippen molar-refractivity contribution in [2.75, 3.05) is 6.54 Å². The van der Waals surface area contributed by atoms with Gasteiger partial charge in [0.25, 0.3) is 5.69 Å². The minimum absolute atomic E-state index is 0.259. The first kappa shape index (κ1) is 15.1. The Kier molecular flexibility index (Phi) is 4.94. The summed E-state index contributed by atoms with van der Waals surface area (Å²) in [4.78, 5) is 10.0. The van der Waals surface area contributed by atoms with E-state index in [0.29, 0.717) is 25.1 Å². The van der Waals surface area contributed by atoms with Crippen LogP contribution in [0.15, 0.2) is 42.5 Å². The fourth-order valence-corrected chi connectivity index (χ4v) is 1.96. The Morgan fingerprint density at radius 2 is 1.71 bits per heavy atom. The van der Waals surface area contributed by atoms with Gasteiger partial charge >= 0.3 is 0 Å². The minimum Gasteiger partial charge on any atom is -0.312 e. The largest absolute Gasteiger partial charge is 0.312 e. The van der Waals surface area contributed by atoms with Gasteiger partial charge in [-0.1, -0.05) is 12.1 Å². The molecular formula is C15H14F2N2O2. The lowest BCUT2D eigenvalue weighted by molar-refractivity contribution is -0.385. The standard InChI is InChI=1S/C15H14F2N2O2/c16-13-3-1-11(2-4-13)5-6-18-10-12-7-14(17)9-15(8-12)19(20)21/h1-4,7-9,18H,5-6,10H2. The Morgan fingerprint density at radius 1 is 1.00 bits per heavy atom. The molecule has 0 aliphatic carbocycles. The first-order valence-corrected chi connectivity index (χ1v) is 6.43. The fourth-order valence-electron chi connectivity index (χ4n) is 1.96. The van der Waals surface area contributed by atoms with Crippen LogP contribution in [0, 0.1) is 21.7 Å². The van der Waals surface area contributed by atoms with Crippen molar-refractivity contribution in [3.63, 3.8) is 0 Å². The van der Waals surface area contributed by atoms with Gasteiger partial charge in [-0.05, 0) is 42.3 Å². The average molecular weight is 292 g/mol. The van der Waals surface area contributed by atoms with Gasteiger partial charge in [-0.3, -0.25) is 10.1 Å². The van der Waals surface area contributed by atoms with E-state index in [0.717, 1.165) is 11.6 Å². The molecule has 21 heavy (non-hydrogen) atoms. The smallest absolute Gasteiger partial charge is 0.272 e. The topological polar surface area (TPSA) is 55.2 Å². The first-order valence-electron chi connectivity index (χ1n) is 6.43. The predicted molar refractivity (Wildman–Crippen MR) is 74.9 cm³/mol. The second kappa shape index (κ2) is 6.90. The Bertz CT molecular complexity index is 630. The van der Waals surface area contributed by atoms with Crippen LogP contribution < -0.4 is 5.32 Å². The number of non-ortho nitro benzene ring substituents is 1. The molecule has 0 saturated carbocycles. The number of halogens is 2. The molecule has 0 fully saturated rings. The van der Waals surface area contributed by atoms with Crippen LogP contribution in [0.1, 0.15) is 11.1 Å². The van der Waals surface area contributed by atoms with Crippen LogP contribution in [-0.2, 0) is 13.0 Å². The molecule has 0 heterocycles. The monoisotopic (exact) mass is 292 g/mol. The van der Waals surface area contributed by atoms with Crippen molar-refractivity contribution in [2.45, 2.75) is 13.0 Å². The Hall–Kier alpha value is -2.34. The van der Waals surface area contributed by atoms with E-state index in [1.165, 1.54) is 24.3 Å². The van der Waals surface area contributed by atoms with Crippen LogP contribution in [0.3, 0.4) is 0 Å². The van der Waals surface area contributed by atoms with Crippen LogP contribution in [0.5, 0.6) is 0 Å². The highest BCUT2D eigenvalue weighted by Crippen LogP contribution is 2.16. The first-order chi connectivity index (χ1) is 10.0. The molecule has 6 heteroatoms. The van der Waals surface area contributed by atoms with Gasteiger partial charge in [0.05, 0.1) is 11.0 Å². The summed E-state index contributed by atoms with van der Waals surface area (Å²) in [6, 6.07) is 9.68. The average Bonchev–Trinajstić information content (AvgIpc) is 2.45. The van der Waals surface area contributed by atoms with Crippen molar-refractivity contribution in [2.24, 2.45) is 0 Å². The molecule has 0 aromatic heterocycles. The Morgan fingerprint density at radius 3 is 2.38 bits per heavy atom. The molecular weight excluding hydrogens is 278 g/mol. The third-order valence-corrected chi connectivity index (χ3v) is 2.99. The van der Waals surface area contributed by atoms with Crippen molar-refractivity contribution in [1.82, 2.24) is 5.32 Å². The van der Waals surface area contributed by atoms with E-state index in [9.17, 15) is 18.9 Å². The third-order valence-electron chi connectivity index (χ3n) is 2.99. The summed E-state index contributed by atoms with van der Waals surface area (Å²) < 4.78 is 26.0. The summed E-state index contributed by atoms with van der Waals surface area (Å²) in [5.74, 6) is -0.904. The maximum absolute atomic E-state index is 13.2. The highest BCUT2D eigenvalue weighted by atomic mass is 19.1. The van der Waals surface area contributed by atoms with E-state index >= 15 is 0 Å². The summed E-state index contributed by atoms with van der Waals surface area (Å²) in [5.41, 5.74) is 1.24. The summed E-state index contributed by atoms with van der Waals surface area (Å²) >= 11 is 0. The fraction of sp³-hybridized carbons (Fsp3) is 0.200. The van der Waals surface area contributed by atoms with Crippen LogP contribution in [0.2, 0.25) is 0 Å². The molecule has 0 atom stereocenters. The van der Waals surface area contributed by atoms with Gasteiger partial charge in [0.2, 0.25) is 0 Å². The van der Waals surface area contributed by atoms with Crippen molar-refractivity contribution < 1.29 is 13.7 Å². The molecule has 2 rings (SSSR count). The zero-order valence-electron chi connectivity index (χ0n) is 11.2. The molecule has 4 nitrogen and oxygen atoms in total.